The first-order valence-electron chi connectivity index (χ1n) is 9.54. The van der Waals surface area contributed by atoms with E-state index in [1.807, 2.05) is 56.4 Å². The van der Waals surface area contributed by atoms with Crippen LogP contribution in [0.15, 0.2) is 53.6 Å². The van der Waals surface area contributed by atoms with Crippen LogP contribution in [-0.4, -0.2) is 44.1 Å². The van der Waals surface area contributed by atoms with Crippen LogP contribution in [0.25, 0.3) is 33.1 Å². The van der Waals surface area contributed by atoms with Gasteiger partial charge in [0.1, 0.15) is 18.0 Å². The predicted molar refractivity (Wildman–Crippen MR) is 120 cm³/mol. The molecule has 0 spiro atoms. The predicted octanol–water partition coefficient (Wildman–Crippen LogP) is 4.16. The summed E-state index contributed by atoms with van der Waals surface area (Å²) in [6, 6.07) is 13.8. The number of rotatable bonds is 6. The summed E-state index contributed by atoms with van der Waals surface area (Å²) in [7, 11) is -2.31. The van der Waals surface area contributed by atoms with Gasteiger partial charge in [-0.15, -0.1) is 0 Å². The van der Waals surface area contributed by atoms with Gasteiger partial charge in [0.2, 0.25) is 0 Å². The smallest absolute Gasteiger partial charge is 0.143 e. The van der Waals surface area contributed by atoms with Gasteiger partial charge in [-0.05, 0) is 69.3 Å². The Labute approximate surface area is 170 Å². The Morgan fingerprint density at radius 1 is 1.24 bits per heavy atom. The number of nitrogens with one attached hydrogen (secondary N) is 1. The molecule has 0 bridgehead atoms. The van der Waals surface area contributed by atoms with Gasteiger partial charge in [-0.1, -0.05) is 19.1 Å². The Kier molecular flexibility index (Phi) is 5.06. The SMILES string of the molecule is C=S(=O)(CC)c1cccc(-c2ccc(OCCO)c3[nH]c4ncc(C)cc4c23)c1. The zero-order valence-electron chi connectivity index (χ0n) is 16.6. The van der Waals surface area contributed by atoms with E-state index in [9.17, 15) is 4.21 Å². The second-order valence-electron chi connectivity index (χ2n) is 7.10. The van der Waals surface area contributed by atoms with Gasteiger partial charge >= 0.3 is 0 Å². The van der Waals surface area contributed by atoms with E-state index in [2.05, 4.69) is 21.9 Å². The van der Waals surface area contributed by atoms with Crippen molar-refractivity contribution >= 4 is 37.3 Å². The molecule has 0 radical (unpaired) electrons. The zero-order valence-corrected chi connectivity index (χ0v) is 17.4. The molecule has 2 aromatic carbocycles. The normalized spacial score (nSPS) is 13.6. The Hall–Kier alpha value is -2.83. The van der Waals surface area contributed by atoms with Crippen molar-refractivity contribution in [3.63, 3.8) is 0 Å². The van der Waals surface area contributed by atoms with Crippen molar-refractivity contribution in [2.45, 2.75) is 18.7 Å². The second kappa shape index (κ2) is 7.54. The lowest BCUT2D eigenvalue weighted by molar-refractivity contribution is 0.202. The zero-order chi connectivity index (χ0) is 20.6. The molecule has 1 atom stereocenters. The lowest BCUT2D eigenvalue weighted by Gasteiger charge is -2.12. The molecule has 29 heavy (non-hydrogen) atoms. The minimum absolute atomic E-state index is 0.0578. The average Bonchev–Trinajstić information content (AvgIpc) is 3.11. The third kappa shape index (κ3) is 3.50. The van der Waals surface area contributed by atoms with Crippen LogP contribution in [0.5, 0.6) is 5.75 Å². The maximum atomic E-state index is 12.8. The summed E-state index contributed by atoms with van der Waals surface area (Å²) in [4.78, 5) is 8.64. The number of aliphatic hydroxyl groups is 1. The minimum Gasteiger partial charge on any atom is -0.489 e. The number of aromatic amines is 1. The first kappa shape index (κ1) is 19.5. The summed E-state index contributed by atoms with van der Waals surface area (Å²) in [5.41, 5.74) is 4.64. The van der Waals surface area contributed by atoms with E-state index in [0.717, 1.165) is 43.5 Å². The van der Waals surface area contributed by atoms with Crippen molar-refractivity contribution in [3.05, 3.63) is 54.2 Å². The largest absolute Gasteiger partial charge is 0.489 e. The number of hydrogen-bond donors (Lipinski definition) is 2. The average molecular weight is 409 g/mol. The summed E-state index contributed by atoms with van der Waals surface area (Å²) < 4.78 is 18.6. The number of fused-ring (bicyclic) bond motifs is 3. The maximum absolute atomic E-state index is 12.8. The third-order valence-electron chi connectivity index (χ3n) is 5.09. The van der Waals surface area contributed by atoms with E-state index in [1.165, 1.54) is 0 Å². The summed E-state index contributed by atoms with van der Waals surface area (Å²) >= 11 is 0. The number of H-pyrrole nitrogens is 1. The van der Waals surface area contributed by atoms with Crippen molar-refractivity contribution in [1.29, 1.82) is 0 Å². The van der Waals surface area contributed by atoms with E-state index < -0.39 is 9.52 Å². The molecule has 4 aromatic rings. The van der Waals surface area contributed by atoms with Crippen LogP contribution in [0.2, 0.25) is 0 Å². The van der Waals surface area contributed by atoms with Crippen LogP contribution in [0.3, 0.4) is 0 Å². The molecular formula is C23H24N2O3S. The van der Waals surface area contributed by atoms with E-state index in [4.69, 9.17) is 9.84 Å². The molecule has 0 amide bonds. The summed E-state index contributed by atoms with van der Waals surface area (Å²) in [5.74, 6) is 5.09. The first-order valence-corrected chi connectivity index (χ1v) is 11.4. The van der Waals surface area contributed by atoms with E-state index in [0.29, 0.717) is 11.5 Å². The molecule has 0 saturated carbocycles. The molecule has 2 heterocycles. The van der Waals surface area contributed by atoms with Crippen LogP contribution in [0.4, 0.5) is 0 Å². The maximum Gasteiger partial charge on any atom is 0.143 e. The number of nitrogens with zero attached hydrogens (tertiary/aromatic N) is 1. The highest BCUT2D eigenvalue weighted by atomic mass is 32.2. The number of aromatic nitrogens is 2. The molecule has 0 aliphatic rings. The van der Waals surface area contributed by atoms with E-state index in [1.54, 1.807) is 0 Å². The molecule has 0 saturated heterocycles. The topological polar surface area (TPSA) is 75.2 Å². The minimum atomic E-state index is -2.31. The van der Waals surface area contributed by atoms with Crippen molar-refractivity contribution in [2.75, 3.05) is 19.0 Å². The number of aliphatic hydroxyl groups excluding tert-OH is 1. The second-order valence-corrected chi connectivity index (χ2v) is 9.77. The highest BCUT2D eigenvalue weighted by Crippen LogP contribution is 2.39. The summed E-state index contributed by atoms with van der Waals surface area (Å²) in [5, 5.41) is 11.2. The molecule has 4 rings (SSSR count). The van der Waals surface area contributed by atoms with E-state index >= 15 is 0 Å². The van der Waals surface area contributed by atoms with Gasteiger partial charge in [-0.2, -0.15) is 0 Å². The van der Waals surface area contributed by atoms with Gasteiger partial charge in [0, 0.05) is 27.6 Å². The fourth-order valence-electron chi connectivity index (χ4n) is 3.54. The Bertz CT molecular complexity index is 1310. The van der Waals surface area contributed by atoms with Crippen LogP contribution < -0.4 is 4.74 Å². The Morgan fingerprint density at radius 2 is 2.07 bits per heavy atom. The molecule has 2 aromatic heterocycles. The van der Waals surface area contributed by atoms with Gasteiger partial charge in [-0.25, -0.2) is 4.98 Å². The van der Waals surface area contributed by atoms with Crippen molar-refractivity contribution in [2.24, 2.45) is 0 Å². The number of hydrogen-bond acceptors (Lipinski definition) is 4. The number of aryl methyl sites for hydroxylation is 1. The first-order chi connectivity index (χ1) is 13.9. The van der Waals surface area contributed by atoms with Gasteiger partial charge < -0.3 is 14.8 Å². The van der Waals surface area contributed by atoms with Gasteiger partial charge in [0.25, 0.3) is 0 Å². The molecule has 5 nitrogen and oxygen atoms in total. The summed E-state index contributed by atoms with van der Waals surface area (Å²) in [6.45, 7) is 4.06. The molecular weight excluding hydrogens is 384 g/mol. The molecule has 150 valence electrons. The van der Waals surface area contributed by atoms with Gasteiger partial charge in [0.05, 0.1) is 12.1 Å². The molecule has 0 fully saturated rings. The van der Waals surface area contributed by atoms with E-state index in [-0.39, 0.29) is 13.2 Å². The van der Waals surface area contributed by atoms with Crippen LogP contribution in [0, 0.1) is 6.92 Å². The highest BCUT2D eigenvalue weighted by molar-refractivity contribution is 8.00. The molecule has 0 aliphatic carbocycles. The van der Waals surface area contributed by atoms with Crippen LogP contribution in [-0.2, 0) is 9.52 Å². The molecule has 2 N–H and O–H groups in total. The van der Waals surface area contributed by atoms with Gasteiger partial charge in [0.15, 0.2) is 0 Å². The van der Waals surface area contributed by atoms with Crippen LogP contribution in [0.1, 0.15) is 12.5 Å². The molecule has 1 unspecified atom stereocenters. The quantitative estimate of drug-likeness (QED) is 0.470. The van der Waals surface area contributed by atoms with Crippen LogP contribution >= 0.6 is 0 Å². The number of pyridine rings is 1. The number of benzene rings is 2. The molecule has 0 aliphatic heterocycles. The fourth-order valence-corrected chi connectivity index (χ4v) is 4.54. The third-order valence-corrected chi connectivity index (χ3v) is 7.14. The fraction of sp³-hybridized carbons (Fsp3) is 0.217. The lowest BCUT2D eigenvalue weighted by atomic mass is 9.99. The van der Waals surface area contributed by atoms with Crippen molar-refractivity contribution in [3.8, 4) is 16.9 Å². The summed E-state index contributed by atoms with van der Waals surface area (Å²) in [6.07, 6.45) is 1.82. The Morgan fingerprint density at radius 3 is 2.83 bits per heavy atom. The number of ether oxygens (including phenoxy) is 1. The Balaban J connectivity index is 2.02. The monoisotopic (exact) mass is 408 g/mol. The highest BCUT2D eigenvalue weighted by Gasteiger charge is 2.17. The van der Waals surface area contributed by atoms with Gasteiger partial charge in [-0.3, -0.25) is 4.21 Å². The lowest BCUT2D eigenvalue weighted by Crippen LogP contribution is -2.03. The molecule has 6 heteroatoms. The van der Waals surface area contributed by atoms with Crippen molar-refractivity contribution in [1.82, 2.24) is 9.97 Å². The standard InChI is InChI=1S/C23H24N2O3S/c1-4-29(3,27)17-7-5-6-16(13-17)18-8-9-20(28-11-10-26)22-21(18)19-12-15(2)14-24-23(19)25-22/h5-9,12-14,26H,3-4,10-11H2,1-2H3,(H,24,25). The van der Waals surface area contributed by atoms with Crippen molar-refractivity contribution < 1.29 is 14.1 Å².